The van der Waals surface area contributed by atoms with Gasteiger partial charge in [0.2, 0.25) is 0 Å². The van der Waals surface area contributed by atoms with Crippen molar-refractivity contribution in [2.45, 2.75) is 13.0 Å². The Kier molecular flexibility index (Phi) is 3.82. The quantitative estimate of drug-likeness (QED) is 0.875. The lowest BCUT2D eigenvalue weighted by atomic mass is 10.3. The second kappa shape index (κ2) is 5.34. The summed E-state index contributed by atoms with van der Waals surface area (Å²) < 4.78 is 3.15. The molecule has 0 fully saturated rings. The summed E-state index contributed by atoms with van der Waals surface area (Å²) in [5.74, 6) is 0. The van der Waals surface area contributed by atoms with E-state index in [1.54, 1.807) is 0 Å². The van der Waals surface area contributed by atoms with Gasteiger partial charge in [-0.05, 0) is 41.6 Å². The fraction of sp³-hybridized carbons (Fsp3) is 0.250. The van der Waals surface area contributed by atoms with Crippen LogP contribution in [-0.4, -0.2) is 16.3 Å². The van der Waals surface area contributed by atoms with Crippen molar-refractivity contribution in [2.24, 2.45) is 0 Å². The third kappa shape index (κ3) is 2.98. The van der Waals surface area contributed by atoms with Crippen molar-refractivity contribution in [1.82, 2.24) is 9.78 Å². The standard InChI is InChI=1S/C12H14IN3/c1-10(16-9-11(13)8-15-16)7-14-12-5-3-2-4-6-12/h2-6,8-10,14H,7H2,1H3. The zero-order valence-electron chi connectivity index (χ0n) is 9.10. The highest BCUT2D eigenvalue weighted by atomic mass is 127. The lowest BCUT2D eigenvalue weighted by Crippen LogP contribution is -2.16. The summed E-state index contributed by atoms with van der Waals surface area (Å²) in [6.07, 6.45) is 3.93. The molecule has 84 valence electrons. The molecule has 1 aromatic heterocycles. The van der Waals surface area contributed by atoms with Crippen molar-refractivity contribution in [3.8, 4) is 0 Å². The predicted octanol–water partition coefficient (Wildman–Crippen LogP) is 3.16. The molecule has 3 nitrogen and oxygen atoms in total. The van der Waals surface area contributed by atoms with Crippen LogP contribution in [-0.2, 0) is 0 Å². The minimum absolute atomic E-state index is 0.351. The molecule has 0 bridgehead atoms. The normalized spacial score (nSPS) is 12.4. The first kappa shape index (κ1) is 11.4. The van der Waals surface area contributed by atoms with Crippen LogP contribution in [0.1, 0.15) is 13.0 Å². The van der Waals surface area contributed by atoms with E-state index in [2.05, 4.69) is 58.3 Å². The van der Waals surface area contributed by atoms with Crippen molar-refractivity contribution >= 4 is 28.3 Å². The van der Waals surface area contributed by atoms with Gasteiger partial charge in [0.15, 0.2) is 0 Å². The van der Waals surface area contributed by atoms with Gasteiger partial charge < -0.3 is 5.32 Å². The van der Waals surface area contributed by atoms with Gasteiger partial charge in [0.05, 0.1) is 15.8 Å². The molecule has 0 aliphatic carbocycles. The molecular weight excluding hydrogens is 313 g/mol. The molecule has 1 N–H and O–H groups in total. The molecular formula is C12H14IN3. The maximum Gasteiger partial charge on any atom is 0.0663 e. The summed E-state index contributed by atoms with van der Waals surface area (Å²) in [5, 5.41) is 7.69. The number of hydrogen-bond donors (Lipinski definition) is 1. The molecule has 1 unspecified atom stereocenters. The highest BCUT2D eigenvalue weighted by molar-refractivity contribution is 14.1. The number of aromatic nitrogens is 2. The highest BCUT2D eigenvalue weighted by Gasteiger charge is 2.05. The Morgan fingerprint density at radius 2 is 2.12 bits per heavy atom. The lowest BCUT2D eigenvalue weighted by Gasteiger charge is -2.13. The number of nitrogens with one attached hydrogen (secondary N) is 1. The van der Waals surface area contributed by atoms with Crippen LogP contribution in [0.15, 0.2) is 42.7 Å². The SMILES string of the molecule is CC(CNc1ccccc1)n1cc(I)cn1. The van der Waals surface area contributed by atoms with Crippen LogP contribution in [0.3, 0.4) is 0 Å². The van der Waals surface area contributed by atoms with Crippen LogP contribution in [0.25, 0.3) is 0 Å². The molecule has 2 rings (SSSR count). The fourth-order valence-corrected chi connectivity index (χ4v) is 1.88. The summed E-state index contributed by atoms with van der Waals surface area (Å²) in [5.41, 5.74) is 1.15. The van der Waals surface area contributed by atoms with E-state index in [9.17, 15) is 0 Å². The molecule has 16 heavy (non-hydrogen) atoms. The summed E-state index contributed by atoms with van der Waals surface area (Å²) >= 11 is 2.27. The zero-order valence-corrected chi connectivity index (χ0v) is 11.3. The van der Waals surface area contributed by atoms with E-state index in [-0.39, 0.29) is 0 Å². The lowest BCUT2D eigenvalue weighted by molar-refractivity contribution is 0.512. The number of para-hydroxylation sites is 1. The van der Waals surface area contributed by atoms with Crippen molar-refractivity contribution < 1.29 is 0 Å². The van der Waals surface area contributed by atoms with Crippen LogP contribution in [0.5, 0.6) is 0 Å². The molecule has 0 saturated heterocycles. The topological polar surface area (TPSA) is 29.9 Å². The van der Waals surface area contributed by atoms with Gasteiger partial charge in [-0.25, -0.2) is 0 Å². The van der Waals surface area contributed by atoms with E-state index < -0.39 is 0 Å². The first-order valence-electron chi connectivity index (χ1n) is 5.24. The number of benzene rings is 1. The Morgan fingerprint density at radius 1 is 1.38 bits per heavy atom. The van der Waals surface area contributed by atoms with Gasteiger partial charge in [0.25, 0.3) is 0 Å². The molecule has 1 aromatic carbocycles. The average molecular weight is 327 g/mol. The molecule has 0 amide bonds. The first-order valence-corrected chi connectivity index (χ1v) is 6.32. The molecule has 0 aliphatic rings. The van der Waals surface area contributed by atoms with Crippen LogP contribution in [0.4, 0.5) is 5.69 Å². The summed E-state index contributed by atoms with van der Waals surface area (Å²) in [7, 11) is 0. The molecule has 0 saturated carbocycles. The second-order valence-electron chi connectivity index (χ2n) is 3.73. The number of nitrogens with zero attached hydrogens (tertiary/aromatic N) is 2. The summed E-state index contributed by atoms with van der Waals surface area (Å²) in [4.78, 5) is 0. The molecule has 1 heterocycles. The Balaban J connectivity index is 1.91. The largest absolute Gasteiger partial charge is 0.383 e. The smallest absolute Gasteiger partial charge is 0.0663 e. The zero-order chi connectivity index (χ0) is 11.4. The number of halogens is 1. The van der Waals surface area contributed by atoms with Gasteiger partial charge in [0.1, 0.15) is 0 Å². The van der Waals surface area contributed by atoms with E-state index in [1.165, 1.54) is 3.57 Å². The van der Waals surface area contributed by atoms with Crippen molar-refractivity contribution in [3.63, 3.8) is 0 Å². The third-order valence-corrected chi connectivity index (χ3v) is 2.95. The van der Waals surface area contributed by atoms with E-state index in [4.69, 9.17) is 0 Å². The van der Waals surface area contributed by atoms with E-state index in [0.717, 1.165) is 12.2 Å². The second-order valence-corrected chi connectivity index (χ2v) is 4.98. The van der Waals surface area contributed by atoms with Gasteiger partial charge in [-0.15, -0.1) is 0 Å². The van der Waals surface area contributed by atoms with Crippen LogP contribution < -0.4 is 5.32 Å². The highest BCUT2D eigenvalue weighted by Crippen LogP contribution is 2.11. The average Bonchev–Trinajstić information content (AvgIpc) is 2.74. The molecule has 0 radical (unpaired) electrons. The van der Waals surface area contributed by atoms with Crippen LogP contribution in [0.2, 0.25) is 0 Å². The van der Waals surface area contributed by atoms with E-state index in [1.807, 2.05) is 29.1 Å². The third-order valence-electron chi connectivity index (χ3n) is 2.40. The van der Waals surface area contributed by atoms with Crippen molar-refractivity contribution in [2.75, 3.05) is 11.9 Å². The van der Waals surface area contributed by atoms with Crippen molar-refractivity contribution in [1.29, 1.82) is 0 Å². The monoisotopic (exact) mass is 327 g/mol. The van der Waals surface area contributed by atoms with E-state index in [0.29, 0.717) is 6.04 Å². The van der Waals surface area contributed by atoms with Crippen LogP contribution in [0, 0.1) is 3.57 Å². The molecule has 0 spiro atoms. The molecule has 4 heteroatoms. The van der Waals surface area contributed by atoms with E-state index >= 15 is 0 Å². The van der Waals surface area contributed by atoms with Crippen molar-refractivity contribution in [3.05, 3.63) is 46.3 Å². The molecule has 1 atom stereocenters. The van der Waals surface area contributed by atoms with Gasteiger partial charge in [-0.2, -0.15) is 5.10 Å². The van der Waals surface area contributed by atoms with Gasteiger partial charge >= 0.3 is 0 Å². The van der Waals surface area contributed by atoms with Gasteiger partial charge in [0, 0.05) is 18.4 Å². The van der Waals surface area contributed by atoms with Crippen LogP contribution >= 0.6 is 22.6 Å². The fourth-order valence-electron chi connectivity index (χ4n) is 1.47. The van der Waals surface area contributed by atoms with Gasteiger partial charge in [-0.1, -0.05) is 18.2 Å². The Bertz CT molecular complexity index is 439. The summed E-state index contributed by atoms with van der Waals surface area (Å²) in [6.45, 7) is 3.03. The Morgan fingerprint density at radius 3 is 2.75 bits per heavy atom. The Labute approximate surface area is 109 Å². The maximum atomic E-state index is 4.30. The number of anilines is 1. The Hall–Kier alpha value is -1.04. The summed E-state index contributed by atoms with van der Waals surface area (Å²) in [6, 6.07) is 10.6. The molecule has 0 aliphatic heterocycles. The minimum Gasteiger partial charge on any atom is -0.383 e. The predicted molar refractivity (Wildman–Crippen MR) is 74.6 cm³/mol. The van der Waals surface area contributed by atoms with Gasteiger partial charge in [-0.3, -0.25) is 4.68 Å². The number of hydrogen-bond acceptors (Lipinski definition) is 2. The number of rotatable bonds is 4. The minimum atomic E-state index is 0.351. The first-order chi connectivity index (χ1) is 7.75. The maximum absolute atomic E-state index is 4.30. The molecule has 2 aromatic rings.